The van der Waals surface area contributed by atoms with Crippen molar-refractivity contribution in [3.63, 3.8) is 0 Å². The van der Waals surface area contributed by atoms with Crippen LogP contribution < -0.4 is 21.7 Å². The van der Waals surface area contributed by atoms with Crippen LogP contribution in [0.15, 0.2) is 35.9 Å². The monoisotopic (exact) mass is 895 g/mol. The van der Waals surface area contributed by atoms with Gasteiger partial charge in [0.1, 0.15) is 30.3 Å². The normalized spacial score (nSPS) is 28.3. The summed E-state index contributed by atoms with van der Waals surface area (Å²) in [5, 5.41) is 7.89. The van der Waals surface area contributed by atoms with E-state index in [2.05, 4.69) is 16.0 Å². The number of carbonyl (C=O) groups is 7. The summed E-state index contributed by atoms with van der Waals surface area (Å²) < 4.78 is 51.8. The van der Waals surface area contributed by atoms with Crippen molar-refractivity contribution in [2.24, 2.45) is 29.4 Å². The fourth-order valence-electron chi connectivity index (χ4n) is 7.02. The van der Waals surface area contributed by atoms with E-state index >= 15 is 0 Å². The molecule has 354 valence electrons. The molecule has 0 saturated heterocycles. The van der Waals surface area contributed by atoms with Gasteiger partial charge in [0.05, 0.1) is 12.1 Å². The SMILES string of the molecule is CCC(C)C1NC(=O)CN(C)C(=O)[C@@H](Cc2ccc(C(F)(F)F)cc2)N(C)C(=O)[C@H](C)NC(=O)[C@@H](CC(C)C)OC(=O)/C(C)=C/C[C@H](N)[C@H](C)[C@@H]([C@@H](C)CC)OC(=O)[C@@H](C)NC1=O. The second kappa shape index (κ2) is 24.2. The maximum Gasteiger partial charge on any atom is 0.416 e. The minimum absolute atomic E-state index is 0.0960. The van der Waals surface area contributed by atoms with Gasteiger partial charge < -0.3 is 41.0 Å². The molecule has 63 heavy (non-hydrogen) atoms. The number of hydrogen-bond donors (Lipinski definition) is 4. The number of nitrogens with one attached hydrogen (secondary N) is 3. The first-order valence-electron chi connectivity index (χ1n) is 21.6. The van der Waals surface area contributed by atoms with Gasteiger partial charge in [-0.3, -0.25) is 24.0 Å². The lowest BCUT2D eigenvalue weighted by atomic mass is 9.85. The molecule has 10 atom stereocenters. The van der Waals surface area contributed by atoms with E-state index in [9.17, 15) is 46.7 Å². The Kier molecular flexibility index (Phi) is 20.8. The minimum atomic E-state index is -4.62. The molecule has 1 aromatic rings. The van der Waals surface area contributed by atoms with Crippen LogP contribution in [0.5, 0.6) is 0 Å². The van der Waals surface area contributed by atoms with Crippen LogP contribution in [0.1, 0.15) is 106 Å². The molecular weight excluding hydrogens is 826 g/mol. The van der Waals surface area contributed by atoms with Crippen LogP contribution in [0, 0.1) is 23.7 Å². The van der Waals surface area contributed by atoms with Crippen LogP contribution in [0.25, 0.3) is 0 Å². The minimum Gasteiger partial charge on any atom is -0.460 e. The molecule has 2 rings (SSSR count). The predicted molar refractivity (Wildman–Crippen MR) is 230 cm³/mol. The van der Waals surface area contributed by atoms with Crippen LogP contribution >= 0.6 is 0 Å². The molecule has 15 nitrogen and oxygen atoms in total. The maximum atomic E-state index is 14.2. The quantitative estimate of drug-likeness (QED) is 0.272. The Morgan fingerprint density at radius 2 is 1.38 bits per heavy atom. The van der Waals surface area contributed by atoms with E-state index in [1.54, 1.807) is 19.9 Å². The number of nitrogens with two attached hydrogens (primary N) is 1. The lowest BCUT2D eigenvalue weighted by molar-refractivity contribution is -0.158. The van der Waals surface area contributed by atoms with Gasteiger partial charge >= 0.3 is 18.1 Å². The van der Waals surface area contributed by atoms with Gasteiger partial charge in [-0.25, -0.2) is 9.59 Å². The van der Waals surface area contributed by atoms with E-state index in [0.717, 1.165) is 21.9 Å². The number of nitrogens with zero attached hydrogens (tertiary/aromatic N) is 2. The molecule has 0 saturated carbocycles. The van der Waals surface area contributed by atoms with E-state index in [1.165, 1.54) is 47.0 Å². The Morgan fingerprint density at radius 1 is 0.810 bits per heavy atom. The van der Waals surface area contributed by atoms with E-state index < -0.39 is 114 Å². The Morgan fingerprint density at radius 3 is 1.92 bits per heavy atom. The smallest absolute Gasteiger partial charge is 0.416 e. The summed E-state index contributed by atoms with van der Waals surface area (Å²) in [7, 11) is 2.57. The van der Waals surface area contributed by atoms with E-state index in [4.69, 9.17) is 15.2 Å². The second-order valence-corrected chi connectivity index (χ2v) is 17.4. The van der Waals surface area contributed by atoms with Crippen molar-refractivity contribution in [2.75, 3.05) is 20.6 Å². The zero-order valence-electron chi connectivity index (χ0n) is 38.8. The number of carbonyl (C=O) groups excluding carboxylic acids is 7. The van der Waals surface area contributed by atoms with Crippen molar-refractivity contribution in [2.45, 2.75) is 150 Å². The van der Waals surface area contributed by atoms with Gasteiger partial charge in [-0.15, -0.1) is 0 Å². The molecule has 1 aliphatic heterocycles. The molecule has 0 fully saturated rings. The average molecular weight is 895 g/mol. The third-order valence-electron chi connectivity index (χ3n) is 11.7. The average Bonchev–Trinajstić information content (AvgIpc) is 3.22. The van der Waals surface area contributed by atoms with E-state index in [-0.39, 0.29) is 42.2 Å². The molecule has 0 spiro atoms. The molecule has 1 heterocycles. The first kappa shape index (κ1) is 54.1. The van der Waals surface area contributed by atoms with Crippen molar-refractivity contribution >= 4 is 41.5 Å². The molecule has 2 unspecified atom stereocenters. The third kappa shape index (κ3) is 15.9. The van der Waals surface area contributed by atoms with Crippen LogP contribution in [-0.2, 0) is 55.6 Å². The highest BCUT2D eigenvalue weighted by molar-refractivity contribution is 5.96. The van der Waals surface area contributed by atoms with Crippen LogP contribution in [0.2, 0.25) is 0 Å². The van der Waals surface area contributed by atoms with Gasteiger partial charge in [-0.1, -0.05) is 79.5 Å². The van der Waals surface area contributed by atoms with Gasteiger partial charge in [-0.2, -0.15) is 13.2 Å². The van der Waals surface area contributed by atoms with Crippen molar-refractivity contribution in [1.29, 1.82) is 0 Å². The number of likely N-dealkylation sites (N-methyl/N-ethyl adjacent to an activating group) is 2. The van der Waals surface area contributed by atoms with Crippen molar-refractivity contribution in [1.82, 2.24) is 25.8 Å². The Balaban J connectivity index is 2.66. The zero-order chi connectivity index (χ0) is 48.1. The molecule has 1 aliphatic rings. The highest BCUT2D eigenvalue weighted by Crippen LogP contribution is 2.30. The molecule has 1 aromatic carbocycles. The largest absolute Gasteiger partial charge is 0.460 e. The summed E-state index contributed by atoms with van der Waals surface area (Å²) >= 11 is 0. The van der Waals surface area contributed by atoms with Crippen LogP contribution in [0.3, 0.4) is 0 Å². The predicted octanol–water partition coefficient (Wildman–Crippen LogP) is 4.30. The number of ether oxygens (including phenoxy) is 2. The zero-order valence-corrected chi connectivity index (χ0v) is 38.8. The first-order chi connectivity index (χ1) is 29.2. The molecule has 0 bridgehead atoms. The van der Waals surface area contributed by atoms with E-state index in [1.807, 2.05) is 34.6 Å². The number of hydrogen-bond acceptors (Lipinski definition) is 10. The fourth-order valence-corrected chi connectivity index (χ4v) is 7.02. The first-order valence-corrected chi connectivity index (χ1v) is 21.6. The summed E-state index contributed by atoms with van der Waals surface area (Å²) in [4.78, 5) is 98.0. The van der Waals surface area contributed by atoms with Gasteiger partial charge in [0.2, 0.25) is 23.6 Å². The summed E-state index contributed by atoms with van der Waals surface area (Å²) in [6.07, 6.45) is -3.99. The number of cyclic esters (lactones) is 2. The third-order valence-corrected chi connectivity index (χ3v) is 11.7. The van der Waals surface area contributed by atoms with Crippen molar-refractivity contribution in [3.8, 4) is 0 Å². The highest BCUT2D eigenvalue weighted by Gasteiger charge is 2.37. The van der Waals surface area contributed by atoms with Gasteiger partial charge in [0.25, 0.3) is 5.91 Å². The van der Waals surface area contributed by atoms with Crippen molar-refractivity contribution in [3.05, 3.63) is 47.0 Å². The second-order valence-electron chi connectivity index (χ2n) is 17.4. The number of esters is 2. The number of amides is 5. The number of benzene rings is 1. The molecular formula is C45H69F3N6O9. The molecule has 5 N–H and O–H groups in total. The fraction of sp³-hybridized carbons (Fsp3) is 0.667. The summed E-state index contributed by atoms with van der Waals surface area (Å²) in [6, 6.07) is -1.52. The number of rotatable bonds is 8. The Bertz CT molecular complexity index is 1790. The number of halogens is 3. The molecule has 18 heteroatoms. The van der Waals surface area contributed by atoms with Gasteiger partial charge in [0, 0.05) is 38.0 Å². The van der Waals surface area contributed by atoms with Gasteiger partial charge in [-0.05, 0) is 69.1 Å². The van der Waals surface area contributed by atoms with Crippen LogP contribution in [-0.4, -0.2) is 114 Å². The summed E-state index contributed by atoms with van der Waals surface area (Å²) in [6.45, 7) is 16.6. The number of alkyl halides is 3. The molecule has 0 radical (unpaired) electrons. The summed E-state index contributed by atoms with van der Waals surface area (Å²) in [5.74, 6) is -6.40. The standard InChI is InChI=1S/C45H69F3N6O9/c1-13-25(5)37-40(57)51-30(10)44(61)63-38(26(6)14-2)28(8)33(49)20-15-27(7)43(60)62-35(21-24(3)4)39(56)50-29(9)41(58)54(12)34(42(59)53(11)23-36(55)52-37)22-31-16-18-32(19-17-31)45(46,47)48/h15-19,24-26,28-30,33-35,37-38H,13-14,20-23,49H2,1-12H3,(H,50,56)(H,51,57)(H,52,55)/b27-15+/t25?,26-,28-,29-,30+,33-,34+,35+,37?,38+/m0/s1. The lowest BCUT2D eigenvalue weighted by Crippen LogP contribution is -2.57. The van der Waals surface area contributed by atoms with Crippen LogP contribution in [0.4, 0.5) is 13.2 Å². The summed E-state index contributed by atoms with van der Waals surface area (Å²) in [5.41, 5.74) is 6.11. The van der Waals surface area contributed by atoms with Gasteiger partial charge in [0.15, 0.2) is 6.10 Å². The van der Waals surface area contributed by atoms with E-state index in [0.29, 0.717) is 12.8 Å². The maximum absolute atomic E-state index is 14.2. The Labute approximate surface area is 369 Å². The van der Waals surface area contributed by atoms with Crippen molar-refractivity contribution < 1.29 is 56.2 Å². The Hall–Kier alpha value is -5.00. The molecule has 5 amide bonds. The highest BCUT2D eigenvalue weighted by atomic mass is 19.4. The molecule has 0 aliphatic carbocycles. The topological polar surface area (TPSA) is 207 Å². The molecule has 0 aromatic heterocycles. The lowest BCUT2D eigenvalue weighted by Gasteiger charge is -2.34.